The van der Waals surface area contributed by atoms with Crippen molar-refractivity contribution in [2.45, 2.75) is 0 Å². The zero-order valence-electron chi connectivity index (χ0n) is 7.16. The lowest BCUT2D eigenvalue weighted by molar-refractivity contribution is 0.418. The molecule has 0 aliphatic carbocycles. The molecule has 13 heavy (non-hydrogen) atoms. The van der Waals surface area contributed by atoms with Crippen LogP contribution in [0.1, 0.15) is 0 Å². The summed E-state index contributed by atoms with van der Waals surface area (Å²) in [4.78, 5) is 0. The molecular weight excluding hydrogens is 172 g/mol. The summed E-state index contributed by atoms with van der Waals surface area (Å²) in [6.07, 6.45) is 0. The summed E-state index contributed by atoms with van der Waals surface area (Å²) in [7, 11) is 1.39. The number of hydrogen-bond donors (Lipinski definition) is 5. The minimum Gasteiger partial charge on any atom is -0.504 e. The first-order valence-electron chi connectivity index (χ1n) is 3.49. The third-order valence-electron chi connectivity index (χ3n) is 1.78. The Morgan fingerprint density at radius 1 is 0.923 bits per heavy atom. The van der Waals surface area contributed by atoms with E-state index in [1.165, 1.54) is 7.11 Å². The van der Waals surface area contributed by atoms with Crippen LogP contribution >= 0.6 is 0 Å². The summed E-state index contributed by atoms with van der Waals surface area (Å²) in [5.74, 6) is -0.122. The summed E-state index contributed by atoms with van der Waals surface area (Å²) in [5.41, 5.74) is 22.0. The van der Waals surface area contributed by atoms with Crippen LogP contribution in [0.2, 0.25) is 0 Å². The molecular formula is C7H12N4O2. The molecule has 9 N–H and O–H groups in total. The lowest BCUT2D eigenvalue weighted by atomic mass is 10.1. The Morgan fingerprint density at radius 2 is 1.31 bits per heavy atom. The Labute approximate surface area is 75.1 Å². The third kappa shape index (κ3) is 1.12. The van der Waals surface area contributed by atoms with Crippen LogP contribution in [0.5, 0.6) is 11.5 Å². The number of aromatic hydroxyl groups is 1. The molecule has 0 radical (unpaired) electrons. The highest BCUT2D eigenvalue weighted by atomic mass is 16.5. The van der Waals surface area contributed by atoms with E-state index in [2.05, 4.69) is 0 Å². The number of anilines is 4. The molecule has 1 aromatic carbocycles. The standard InChI is InChI=1S/C7H12N4O2/c1-13-7-4(10)2(8)6(12)3(9)5(7)11/h12H,8-11H2,1H3. The van der Waals surface area contributed by atoms with E-state index in [1.54, 1.807) is 0 Å². The van der Waals surface area contributed by atoms with E-state index in [-0.39, 0.29) is 34.2 Å². The molecule has 6 heteroatoms. The lowest BCUT2D eigenvalue weighted by Gasteiger charge is -2.14. The van der Waals surface area contributed by atoms with E-state index < -0.39 is 0 Å². The van der Waals surface area contributed by atoms with Gasteiger partial charge >= 0.3 is 0 Å². The van der Waals surface area contributed by atoms with Gasteiger partial charge < -0.3 is 32.8 Å². The SMILES string of the molecule is COc1c(N)c(N)c(O)c(N)c1N. The Hall–Kier alpha value is -1.98. The topological polar surface area (TPSA) is 134 Å². The Bertz CT molecular complexity index is 322. The Kier molecular flexibility index (Phi) is 1.97. The molecule has 0 unspecified atom stereocenters. The van der Waals surface area contributed by atoms with Gasteiger partial charge in [0, 0.05) is 0 Å². The first kappa shape index (κ1) is 9.11. The van der Waals surface area contributed by atoms with Gasteiger partial charge in [-0.3, -0.25) is 0 Å². The zero-order valence-corrected chi connectivity index (χ0v) is 7.16. The van der Waals surface area contributed by atoms with E-state index >= 15 is 0 Å². The first-order chi connectivity index (χ1) is 6.00. The van der Waals surface area contributed by atoms with Crippen molar-refractivity contribution in [3.05, 3.63) is 0 Å². The number of phenols is 1. The van der Waals surface area contributed by atoms with Crippen LogP contribution in [0.3, 0.4) is 0 Å². The number of nitrogens with two attached hydrogens (primary N) is 4. The largest absolute Gasteiger partial charge is 0.504 e. The van der Waals surface area contributed by atoms with Crippen molar-refractivity contribution in [3.8, 4) is 11.5 Å². The normalized spacial score (nSPS) is 9.92. The van der Waals surface area contributed by atoms with Crippen LogP contribution in [0.25, 0.3) is 0 Å². The van der Waals surface area contributed by atoms with Gasteiger partial charge in [-0.05, 0) is 0 Å². The van der Waals surface area contributed by atoms with Crippen LogP contribution in [0.4, 0.5) is 22.7 Å². The number of methoxy groups -OCH3 is 1. The quantitative estimate of drug-likeness (QED) is 0.301. The van der Waals surface area contributed by atoms with Gasteiger partial charge in [-0.1, -0.05) is 0 Å². The summed E-state index contributed by atoms with van der Waals surface area (Å²) in [6, 6.07) is 0. The van der Waals surface area contributed by atoms with E-state index in [0.29, 0.717) is 0 Å². The van der Waals surface area contributed by atoms with Gasteiger partial charge in [0.2, 0.25) is 0 Å². The number of hydrogen-bond acceptors (Lipinski definition) is 6. The average Bonchev–Trinajstić information content (AvgIpc) is 2.13. The predicted octanol–water partition coefficient (Wildman–Crippen LogP) is -0.270. The lowest BCUT2D eigenvalue weighted by Crippen LogP contribution is -2.05. The highest BCUT2D eigenvalue weighted by molar-refractivity contribution is 5.93. The number of benzene rings is 1. The van der Waals surface area contributed by atoms with Crippen molar-refractivity contribution in [2.75, 3.05) is 30.0 Å². The van der Waals surface area contributed by atoms with Crippen molar-refractivity contribution < 1.29 is 9.84 Å². The van der Waals surface area contributed by atoms with Crippen molar-refractivity contribution in [1.29, 1.82) is 0 Å². The maximum atomic E-state index is 9.32. The molecule has 0 bridgehead atoms. The molecule has 1 rings (SSSR count). The van der Waals surface area contributed by atoms with Crippen LogP contribution in [0.15, 0.2) is 0 Å². The van der Waals surface area contributed by atoms with E-state index in [0.717, 1.165) is 0 Å². The monoisotopic (exact) mass is 184 g/mol. The minimum absolute atomic E-state index is 0.0245. The van der Waals surface area contributed by atoms with Gasteiger partial charge in [0.25, 0.3) is 0 Å². The Morgan fingerprint density at radius 3 is 1.62 bits per heavy atom. The second kappa shape index (κ2) is 2.81. The predicted molar refractivity (Wildman–Crippen MR) is 52.3 cm³/mol. The molecule has 0 atom stereocenters. The van der Waals surface area contributed by atoms with Gasteiger partial charge in [0.15, 0.2) is 11.5 Å². The minimum atomic E-state index is -0.309. The smallest absolute Gasteiger partial charge is 0.169 e. The maximum absolute atomic E-state index is 9.32. The molecule has 0 spiro atoms. The zero-order chi connectivity index (χ0) is 10.2. The fraction of sp³-hybridized carbons (Fsp3) is 0.143. The summed E-state index contributed by atoms with van der Waals surface area (Å²) >= 11 is 0. The second-order valence-electron chi connectivity index (χ2n) is 2.54. The molecule has 0 fully saturated rings. The average molecular weight is 184 g/mol. The van der Waals surface area contributed by atoms with Crippen LogP contribution in [0, 0.1) is 0 Å². The van der Waals surface area contributed by atoms with Crippen LogP contribution < -0.4 is 27.7 Å². The van der Waals surface area contributed by atoms with E-state index in [1.807, 2.05) is 0 Å². The molecule has 0 saturated carbocycles. The maximum Gasteiger partial charge on any atom is 0.169 e. The molecule has 0 aliphatic rings. The molecule has 0 aromatic heterocycles. The van der Waals surface area contributed by atoms with Crippen LogP contribution in [-0.2, 0) is 0 Å². The number of rotatable bonds is 1. The van der Waals surface area contributed by atoms with Crippen molar-refractivity contribution in [3.63, 3.8) is 0 Å². The fourth-order valence-electron chi connectivity index (χ4n) is 1.01. The first-order valence-corrected chi connectivity index (χ1v) is 3.49. The molecule has 0 amide bonds. The number of ether oxygens (including phenoxy) is 1. The van der Waals surface area contributed by atoms with Gasteiger partial charge in [-0.25, -0.2) is 0 Å². The summed E-state index contributed by atoms with van der Waals surface area (Å²) in [6.45, 7) is 0. The van der Waals surface area contributed by atoms with Gasteiger partial charge in [-0.2, -0.15) is 0 Å². The van der Waals surface area contributed by atoms with Crippen molar-refractivity contribution >= 4 is 22.7 Å². The van der Waals surface area contributed by atoms with Crippen LogP contribution in [-0.4, -0.2) is 12.2 Å². The molecule has 0 heterocycles. The highest BCUT2D eigenvalue weighted by Gasteiger charge is 2.17. The van der Waals surface area contributed by atoms with Crippen molar-refractivity contribution in [1.82, 2.24) is 0 Å². The third-order valence-corrected chi connectivity index (χ3v) is 1.78. The number of nitrogen functional groups attached to an aromatic ring is 4. The molecule has 6 nitrogen and oxygen atoms in total. The highest BCUT2D eigenvalue weighted by Crippen LogP contribution is 2.45. The van der Waals surface area contributed by atoms with Crippen molar-refractivity contribution in [2.24, 2.45) is 0 Å². The van der Waals surface area contributed by atoms with E-state index in [4.69, 9.17) is 27.7 Å². The van der Waals surface area contributed by atoms with Gasteiger partial charge in [-0.15, -0.1) is 0 Å². The molecule has 1 aromatic rings. The fourth-order valence-corrected chi connectivity index (χ4v) is 1.01. The van der Waals surface area contributed by atoms with Gasteiger partial charge in [0.05, 0.1) is 7.11 Å². The Balaban J connectivity index is 3.56. The molecule has 0 aliphatic heterocycles. The molecule has 72 valence electrons. The molecule has 0 saturated heterocycles. The summed E-state index contributed by atoms with van der Waals surface area (Å²) in [5, 5.41) is 9.32. The van der Waals surface area contributed by atoms with E-state index in [9.17, 15) is 5.11 Å². The second-order valence-corrected chi connectivity index (χ2v) is 2.54. The number of phenolic OH excluding ortho intramolecular Hbond substituents is 1. The van der Waals surface area contributed by atoms with Gasteiger partial charge in [0.1, 0.15) is 22.7 Å². The summed E-state index contributed by atoms with van der Waals surface area (Å²) < 4.78 is 4.87.